The summed E-state index contributed by atoms with van der Waals surface area (Å²) < 4.78 is 6.56. The number of nitrogens with one attached hydrogen (secondary N) is 4. The highest BCUT2D eigenvalue weighted by Crippen LogP contribution is 2.38. The fraction of sp³-hybridized carbons (Fsp3) is 0.408. The third kappa shape index (κ3) is 16.0. The Kier molecular flexibility index (Phi) is 26.5. The molecule has 4 aliphatic heterocycles. The smallest absolute Gasteiger partial charge is 0.345 e. The highest BCUT2D eigenvalue weighted by atomic mass is 35.5. The number of nitrogens with two attached hydrogens (primary N) is 1. The molecule has 0 saturated carbocycles. The van der Waals surface area contributed by atoms with E-state index >= 15 is 0 Å². The number of piperidine rings is 1. The number of likely N-dealkylation sites (tertiary alicyclic amines) is 3. The van der Waals surface area contributed by atoms with Crippen LogP contribution in [0.5, 0.6) is 17.2 Å². The topological polar surface area (TPSA) is 334 Å². The molecule has 4 saturated heterocycles. The van der Waals surface area contributed by atoms with Crippen LogP contribution in [0, 0.1) is 11.8 Å². The Labute approximate surface area is 603 Å². The SMILES string of the molecule is CCc1c(-c2ccc3c(c2)cc(CN2CC4CCCNC4C2)n3C)[nH]c(=O)c(C(=O)O)c1O.CCc1c(-c2ccc3c(c2)cc(CN2CCC(C(C)(C)N)C2)n3C)[nH]c(=O)c(C(=O)O)c1O.CCc1c(-c2ccc3c(c2)cc(CN2CCC2)n3C)[nH]c(=O)c(C(=O)O)c1O.Cl.Cl.Cl.Cl.Cl. The van der Waals surface area contributed by atoms with Gasteiger partial charge >= 0.3 is 17.9 Å². The summed E-state index contributed by atoms with van der Waals surface area (Å²) in [6.07, 6.45) is 6.07. The number of hydrogen-bond donors (Lipinski definition) is 11. The van der Waals surface area contributed by atoms with Crippen molar-refractivity contribution in [3.63, 3.8) is 0 Å². The molecule has 0 spiro atoms. The Morgan fingerprint density at radius 2 is 0.859 bits per heavy atom. The summed E-state index contributed by atoms with van der Waals surface area (Å²) in [6, 6.07) is 24.7. The maximum atomic E-state index is 12.4. The molecule has 3 aromatic carbocycles. The standard InChI is InChI=1S/C25H30N4O4.C25H32N4O4.C21H23N3O4.5ClH/c1-3-18-22(27-24(31)21(23(18)30)25(32)33)14-6-7-20-16(9-14)10-17(28(20)2)12-29-11-15-5-4-8-26-19(15)13-29;1-5-18-21(27-23(31)20(22(18)30)24(32)33)14-6-7-19-15(10-14)11-17(28(19)4)13-29-9-8-16(12-29)25(2,3)26;1-3-15-18(22-20(26)17(19(15)25)21(27)28)12-5-6-16-13(9-12)10-14(23(16)2)11-24-7-4-8-24;;;;;/h6-7,9-10,15,19,26H,3-5,8,11-13H2,1-2H3,(H,32,33)(H2,27,30,31);6-7,10-11,16H,5,8-9,12-13,26H2,1-4H3,(H,32,33)(H2,27,30,31);5-6,9-10H,3-4,7-8,11H2,1-2H3,(H,27,28)(H2,22,25,26);5*1H. The molecular weight excluding hydrogens is 1380 g/mol. The Morgan fingerprint density at radius 1 is 0.495 bits per heavy atom. The number of pyridine rings is 3. The first kappa shape index (κ1) is 80.2. The molecule has 10 heterocycles. The lowest BCUT2D eigenvalue weighted by Crippen LogP contribution is -2.42. The Bertz CT molecular complexity index is 4650. The summed E-state index contributed by atoms with van der Waals surface area (Å²) in [4.78, 5) is 86.4. The van der Waals surface area contributed by atoms with Crippen molar-refractivity contribution in [2.75, 3.05) is 45.8 Å². The summed E-state index contributed by atoms with van der Waals surface area (Å²) in [7, 11) is 6.17. The minimum Gasteiger partial charge on any atom is -0.506 e. The van der Waals surface area contributed by atoms with E-state index in [2.05, 4.69) is 87.8 Å². The number of aromatic amines is 3. The van der Waals surface area contributed by atoms with Crippen LogP contribution in [0.25, 0.3) is 66.5 Å². The van der Waals surface area contributed by atoms with Crippen molar-refractivity contribution in [2.24, 2.45) is 38.7 Å². The van der Waals surface area contributed by atoms with Crippen molar-refractivity contribution in [2.45, 2.75) is 111 Å². The minimum atomic E-state index is -1.44. The number of H-pyrrole nitrogens is 3. The van der Waals surface area contributed by atoms with Gasteiger partial charge in [0.15, 0.2) is 16.7 Å². The van der Waals surface area contributed by atoms with Gasteiger partial charge < -0.3 is 70.3 Å². The molecule has 28 heteroatoms. The maximum absolute atomic E-state index is 12.4. The third-order valence-corrected chi connectivity index (χ3v) is 20.0. The highest BCUT2D eigenvalue weighted by Gasteiger charge is 2.36. The van der Waals surface area contributed by atoms with E-state index in [1.807, 2.05) is 89.5 Å². The molecule has 99 heavy (non-hydrogen) atoms. The molecule has 6 aromatic heterocycles. The zero-order valence-corrected chi connectivity index (χ0v) is 60.7. The van der Waals surface area contributed by atoms with E-state index in [0.717, 1.165) is 127 Å². The second kappa shape index (κ2) is 32.7. The second-order valence-electron chi connectivity index (χ2n) is 26.3. The van der Waals surface area contributed by atoms with E-state index in [1.165, 1.54) is 36.3 Å². The lowest BCUT2D eigenvalue weighted by Gasteiger charge is -2.30. The molecule has 536 valence electrons. The number of hydrogen-bond acceptors (Lipinski definition) is 14. The van der Waals surface area contributed by atoms with E-state index in [4.69, 9.17) is 5.73 Å². The number of rotatable bonds is 16. The van der Waals surface area contributed by atoms with Gasteiger partial charge in [-0.1, -0.05) is 39.0 Å². The number of aromatic hydroxyl groups is 3. The molecule has 4 aliphatic rings. The zero-order valence-electron chi connectivity index (χ0n) is 56.6. The highest BCUT2D eigenvalue weighted by molar-refractivity contribution is 5.95. The van der Waals surface area contributed by atoms with E-state index in [9.17, 15) is 59.4 Å². The second-order valence-corrected chi connectivity index (χ2v) is 26.3. The Hall–Kier alpha value is -7.81. The van der Waals surface area contributed by atoms with Crippen LogP contribution in [-0.2, 0) is 60.0 Å². The number of aromatic nitrogens is 6. The first-order valence-electron chi connectivity index (χ1n) is 32.4. The first-order chi connectivity index (χ1) is 44.8. The number of benzene rings is 3. The fourth-order valence-electron chi connectivity index (χ4n) is 14.5. The Morgan fingerprint density at radius 3 is 1.17 bits per heavy atom. The lowest BCUT2D eigenvalue weighted by atomic mass is 9.88. The van der Waals surface area contributed by atoms with Gasteiger partial charge in [0, 0.05) is 138 Å². The van der Waals surface area contributed by atoms with Gasteiger partial charge in [-0.2, -0.15) is 0 Å². The number of carboxylic acid groups (broad SMARTS) is 3. The van der Waals surface area contributed by atoms with Crippen LogP contribution < -0.4 is 27.7 Å². The quantitative estimate of drug-likeness (QED) is 0.0428. The molecule has 13 rings (SSSR count). The van der Waals surface area contributed by atoms with Gasteiger partial charge in [0.25, 0.3) is 16.7 Å². The van der Waals surface area contributed by atoms with Crippen molar-refractivity contribution in [1.82, 2.24) is 48.7 Å². The van der Waals surface area contributed by atoms with Crippen LogP contribution in [0.4, 0.5) is 0 Å². The molecular formula is C71H90Cl5N11O12. The molecule has 0 amide bonds. The van der Waals surface area contributed by atoms with Crippen molar-refractivity contribution < 1.29 is 45.0 Å². The minimum absolute atomic E-state index is 0. The molecule has 4 fully saturated rings. The van der Waals surface area contributed by atoms with Crippen LogP contribution in [0.15, 0.2) is 87.2 Å². The number of aryl methyl sites for hydroxylation is 3. The molecule has 3 atom stereocenters. The maximum Gasteiger partial charge on any atom is 0.345 e. The Balaban J connectivity index is 0.000000229. The summed E-state index contributed by atoms with van der Waals surface area (Å²) in [5.41, 5.74) is 13.6. The lowest BCUT2D eigenvalue weighted by molar-refractivity contribution is 0.0680. The molecule has 3 unspecified atom stereocenters. The van der Waals surface area contributed by atoms with Crippen LogP contribution in [0.3, 0.4) is 0 Å². The number of fused-ring (bicyclic) bond motifs is 4. The predicted octanol–water partition coefficient (Wildman–Crippen LogP) is 10.6. The summed E-state index contributed by atoms with van der Waals surface area (Å²) in [6.45, 7) is 19.8. The molecule has 23 nitrogen and oxygen atoms in total. The fourth-order valence-corrected chi connectivity index (χ4v) is 14.5. The third-order valence-electron chi connectivity index (χ3n) is 20.0. The number of halogens is 5. The van der Waals surface area contributed by atoms with E-state index in [0.29, 0.717) is 65.0 Å². The summed E-state index contributed by atoms with van der Waals surface area (Å²) >= 11 is 0. The van der Waals surface area contributed by atoms with Gasteiger partial charge in [-0.15, -0.1) is 62.0 Å². The number of carbonyl (C=O) groups is 3. The monoisotopic (exact) mass is 1460 g/mol. The van der Waals surface area contributed by atoms with Gasteiger partial charge in [-0.05, 0) is 168 Å². The number of nitrogens with zero attached hydrogens (tertiary/aromatic N) is 6. The van der Waals surface area contributed by atoms with Crippen molar-refractivity contribution in [3.05, 3.63) is 154 Å². The number of aromatic carboxylic acids is 3. The summed E-state index contributed by atoms with van der Waals surface area (Å²) in [5, 5.41) is 65.9. The molecule has 0 aliphatic carbocycles. The van der Waals surface area contributed by atoms with E-state index in [1.54, 1.807) is 0 Å². The predicted molar refractivity (Wildman–Crippen MR) is 399 cm³/mol. The molecule has 9 aromatic rings. The zero-order chi connectivity index (χ0) is 67.4. The van der Waals surface area contributed by atoms with Crippen LogP contribution >= 0.6 is 62.0 Å². The number of carboxylic acids is 3. The first-order valence-corrected chi connectivity index (χ1v) is 32.4. The average Bonchev–Trinajstić information content (AvgIpc) is 1.59. The van der Waals surface area contributed by atoms with Crippen molar-refractivity contribution in [3.8, 4) is 51.0 Å². The van der Waals surface area contributed by atoms with Crippen LogP contribution in [-0.4, -0.2) is 149 Å². The van der Waals surface area contributed by atoms with Crippen molar-refractivity contribution in [1.29, 1.82) is 0 Å². The van der Waals surface area contributed by atoms with Gasteiger partial charge in [0.2, 0.25) is 0 Å². The summed E-state index contributed by atoms with van der Waals surface area (Å²) in [5.74, 6) is -4.48. The molecule has 12 N–H and O–H groups in total. The average molecular weight is 1470 g/mol. The van der Waals surface area contributed by atoms with Gasteiger partial charge in [-0.3, -0.25) is 29.1 Å². The van der Waals surface area contributed by atoms with Crippen LogP contribution in [0.1, 0.15) is 125 Å². The molecule has 0 bridgehead atoms. The van der Waals surface area contributed by atoms with Gasteiger partial charge in [-0.25, -0.2) is 14.4 Å². The van der Waals surface area contributed by atoms with Crippen LogP contribution in [0.2, 0.25) is 0 Å². The van der Waals surface area contributed by atoms with E-state index < -0.39 is 68.5 Å². The normalized spacial score (nSPS) is 16.8. The van der Waals surface area contributed by atoms with Gasteiger partial charge in [0.05, 0.1) is 17.1 Å². The van der Waals surface area contributed by atoms with Crippen molar-refractivity contribution >= 4 is 113 Å². The molecule has 0 radical (unpaired) electrons. The van der Waals surface area contributed by atoms with Gasteiger partial charge in [0.1, 0.15) is 17.2 Å². The largest absolute Gasteiger partial charge is 0.506 e. The van der Waals surface area contributed by atoms with E-state index in [-0.39, 0.29) is 67.6 Å².